The fourth-order valence-electron chi connectivity index (χ4n) is 0.861. The summed E-state index contributed by atoms with van der Waals surface area (Å²) >= 11 is 0. The number of aliphatic hydroxyl groups is 1. The summed E-state index contributed by atoms with van der Waals surface area (Å²) in [6.07, 6.45) is 2.37. The zero-order valence-corrected chi connectivity index (χ0v) is 6.29. The van der Waals surface area contributed by atoms with Crippen LogP contribution in [0.3, 0.4) is 0 Å². The van der Waals surface area contributed by atoms with Gasteiger partial charge in [-0.25, -0.2) is 0 Å². The van der Waals surface area contributed by atoms with Crippen molar-refractivity contribution < 1.29 is 15.0 Å². The van der Waals surface area contributed by atoms with Crippen LogP contribution in [-0.4, -0.2) is 35.4 Å². The van der Waals surface area contributed by atoms with Gasteiger partial charge in [-0.05, 0) is 25.3 Å². The monoisotopic (exact) mass is 159 g/mol. The van der Waals surface area contributed by atoms with Gasteiger partial charge in [-0.3, -0.25) is 4.79 Å². The van der Waals surface area contributed by atoms with Gasteiger partial charge in [0.1, 0.15) is 6.04 Å². The van der Waals surface area contributed by atoms with Crippen LogP contribution in [0.15, 0.2) is 0 Å². The van der Waals surface area contributed by atoms with E-state index in [1.807, 2.05) is 0 Å². The topological polar surface area (TPSA) is 69.6 Å². The van der Waals surface area contributed by atoms with E-state index in [1.165, 1.54) is 12.8 Å². The van der Waals surface area contributed by atoms with Crippen LogP contribution >= 0.6 is 0 Å². The molecular formula is C7H13NO3. The van der Waals surface area contributed by atoms with Crippen molar-refractivity contribution in [3.63, 3.8) is 0 Å². The van der Waals surface area contributed by atoms with Gasteiger partial charge in [0.15, 0.2) is 0 Å². The number of aliphatic carboxylic acids is 1. The smallest absolute Gasteiger partial charge is 0.323 e. The second kappa shape index (κ2) is 3.69. The van der Waals surface area contributed by atoms with Crippen LogP contribution in [0.5, 0.6) is 0 Å². The normalized spacial score (nSPS) is 19.7. The highest BCUT2D eigenvalue weighted by Gasteiger charge is 2.24. The minimum absolute atomic E-state index is 0.331. The van der Waals surface area contributed by atoms with Crippen molar-refractivity contribution >= 4 is 5.97 Å². The highest BCUT2D eigenvalue weighted by Crippen LogP contribution is 2.27. The molecule has 0 aliphatic heterocycles. The molecule has 1 aliphatic rings. The lowest BCUT2D eigenvalue weighted by molar-refractivity contribution is -0.140. The number of hydrogen-bond acceptors (Lipinski definition) is 3. The fourth-order valence-corrected chi connectivity index (χ4v) is 0.861. The van der Waals surface area contributed by atoms with Crippen LogP contribution in [0.4, 0.5) is 0 Å². The van der Waals surface area contributed by atoms with Crippen molar-refractivity contribution in [1.29, 1.82) is 0 Å². The van der Waals surface area contributed by atoms with E-state index in [2.05, 4.69) is 5.32 Å². The van der Waals surface area contributed by atoms with E-state index in [0.717, 1.165) is 6.54 Å². The van der Waals surface area contributed by atoms with Crippen molar-refractivity contribution in [2.45, 2.75) is 18.9 Å². The van der Waals surface area contributed by atoms with Crippen LogP contribution in [0.2, 0.25) is 0 Å². The molecule has 3 N–H and O–H groups in total. The first-order valence-corrected chi connectivity index (χ1v) is 3.81. The second-order valence-corrected chi connectivity index (χ2v) is 2.93. The number of carboxylic acid groups (broad SMARTS) is 1. The van der Waals surface area contributed by atoms with Gasteiger partial charge in [-0.1, -0.05) is 0 Å². The average Bonchev–Trinajstić information content (AvgIpc) is 2.72. The Morgan fingerprint density at radius 3 is 2.64 bits per heavy atom. The summed E-state index contributed by atoms with van der Waals surface area (Å²) in [4.78, 5) is 10.3. The average molecular weight is 159 g/mol. The molecule has 0 aromatic heterocycles. The SMILES string of the molecule is O=C(O)C(CO)NCC1CC1. The molecule has 1 aliphatic carbocycles. The maximum Gasteiger partial charge on any atom is 0.323 e. The molecule has 4 nitrogen and oxygen atoms in total. The van der Waals surface area contributed by atoms with Gasteiger partial charge in [-0.2, -0.15) is 0 Å². The Kier molecular flexibility index (Phi) is 2.84. The van der Waals surface area contributed by atoms with Gasteiger partial charge in [0, 0.05) is 0 Å². The van der Waals surface area contributed by atoms with E-state index in [4.69, 9.17) is 10.2 Å². The van der Waals surface area contributed by atoms with Crippen molar-refractivity contribution in [3.8, 4) is 0 Å². The lowest BCUT2D eigenvalue weighted by Gasteiger charge is -2.09. The van der Waals surface area contributed by atoms with E-state index in [0.29, 0.717) is 5.92 Å². The molecule has 1 saturated carbocycles. The van der Waals surface area contributed by atoms with Crippen molar-refractivity contribution in [2.75, 3.05) is 13.2 Å². The molecule has 0 spiro atoms. The highest BCUT2D eigenvalue weighted by molar-refractivity contribution is 5.73. The van der Waals surface area contributed by atoms with Crippen molar-refractivity contribution in [1.82, 2.24) is 5.32 Å². The number of carbonyl (C=O) groups is 1. The Labute approximate surface area is 65.2 Å². The first kappa shape index (κ1) is 8.49. The Hall–Kier alpha value is -0.610. The number of nitrogens with one attached hydrogen (secondary N) is 1. The van der Waals surface area contributed by atoms with E-state index in [9.17, 15) is 4.79 Å². The molecule has 1 atom stereocenters. The van der Waals surface area contributed by atoms with Gasteiger partial charge < -0.3 is 15.5 Å². The number of hydrogen-bond donors (Lipinski definition) is 3. The lowest BCUT2D eigenvalue weighted by Crippen LogP contribution is -2.40. The van der Waals surface area contributed by atoms with E-state index in [1.54, 1.807) is 0 Å². The molecule has 1 fully saturated rings. The molecular weight excluding hydrogens is 146 g/mol. The van der Waals surface area contributed by atoms with Gasteiger partial charge in [0.2, 0.25) is 0 Å². The summed E-state index contributed by atoms with van der Waals surface area (Å²) in [6.45, 7) is 0.388. The van der Waals surface area contributed by atoms with E-state index in [-0.39, 0.29) is 6.61 Å². The van der Waals surface area contributed by atoms with Gasteiger partial charge >= 0.3 is 5.97 Å². The largest absolute Gasteiger partial charge is 0.480 e. The van der Waals surface area contributed by atoms with Gasteiger partial charge in [-0.15, -0.1) is 0 Å². The lowest BCUT2D eigenvalue weighted by atomic mass is 10.3. The quantitative estimate of drug-likeness (QED) is 0.502. The Balaban J connectivity index is 2.13. The summed E-state index contributed by atoms with van der Waals surface area (Å²) < 4.78 is 0. The number of aliphatic hydroxyl groups excluding tert-OH is 1. The number of rotatable bonds is 5. The number of carboxylic acids is 1. The molecule has 11 heavy (non-hydrogen) atoms. The summed E-state index contributed by atoms with van der Waals surface area (Å²) in [7, 11) is 0. The van der Waals surface area contributed by atoms with E-state index >= 15 is 0 Å². The molecule has 4 heteroatoms. The highest BCUT2D eigenvalue weighted by atomic mass is 16.4. The minimum atomic E-state index is -0.979. The molecule has 1 unspecified atom stereocenters. The summed E-state index contributed by atoms with van der Waals surface area (Å²) in [6, 6.07) is -0.782. The third-order valence-corrected chi connectivity index (χ3v) is 1.83. The Morgan fingerprint density at radius 2 is 2.27 bits per heavy atom. The van der Waals surface area contributed by atoms with Crippen LogP contribution in [-0.2, 0) is 4.79 Å². The summed E-state index contributed by atoms with van der Waals surface area (Å²) in [5.74, 6) is -0.337. The van der Waals surface area contributed by atoms with Crippen molar-refractivity contribution in [3.05, 3.63) is 0 Å². The van der Waals surface area contributed by atoms with E-state index < -0.39 is 12.0 Å². The molecule has 0 amide bonds. The zero-order valence-electron chi connectivity index (χ0n) is 6.29. The standard InChI is InChI=1S/C7H13NO3/c9-4-6(7(10)11)8-3-5-1-2-5/h5-6,8-9H,1-4H2,(H,10,11). The predicted molar refractivity (Wildman–Crippen MR) is 39.2 cm³/mol. The first-order chi connectivity index (χ1) is 5.24. The minimum Gasteiger partial charge on any atom is -0.480 e. The first-order valence-electron chi connectivity index (χ1n) is 3.81. The summed E-state index contributed by atoms with van der Waals surface area (Å²) in [5, 5.41) is 19.9. The molecule has 0 aromatic carbocycles. The second-order valence-electron chi connectivity index (χ2n) is 2.93. The molecule has 0 heterocycles. The zero-order chi connectivity index (χ0) is 8.27. The molecule has 64 valence electrons. The van der Waals surface area contributed by atoms with Gasteiger partial charge in [0.05, 0.1) is 6.61 Å². The van der Waals surface area contributed by atoms with Gasteiger partial charge in [0.25, 0.3) is 0 Å². The Morgan fingerprint density at radius 1 is 1.64 bits per heavy atom. The molecule has 0 radical (unpaired) electrons. The molecule has 0 bridgehead atoms. The molecule has 0 saturated heterocycles. The maximum atomic E-state index is 10.3. The molecule has 0 aromatic rings. The third-order valence-electron chi connectivity index (χ3n) is 1.83. The molecule has 1 rings (SSSR count). The Bertz CT molecular complexity index is 145. The predicted octanol–water partition coefficient (Wildman–Crippen LogP) is -0.569. The summed E-state index contributed by atoms with van der Waals surface area (Å²) in [5.41, 5.74) is 0. The van der Waals surface area contributed by atoms with Crippen LogP contribution in [0.1, 0.15) is 12.8 Å². The van der Waals surface area contributed by atoms with Crippen molar-refractivity contribution in [2.24, 2.45) is 5.92 Å². The van der Waals surface area contributed by atoms with Crippen LogP contribution in [0.25, 0.3) is 0 Å². The van der Waals surface area contributed by atoms with Crippen LogP contribution < -0.4 is 5.32 Å². The fraction of sp³-hybridized carbons (Fsp3) is 0.857. The third kappa shape index (κ3) is 2.86. The maximum absolute atomic E-state index is 10.3. The van der Waals surface area contributed by atoms with Crippen LogP contribution in [0, 0.1) is 5.92 Å².